The third-order valence-electron chi connectivity index (χ3n) is 2.46. The maximum atomic E-state index is 11.0. The van der Waals surface area contributed by atoms with E-state index in [-0.39, 0.29) is 11.4 Å². The normalized spacial score (nSPS) is 10.2. The second-order valence-corrected chi connectivity index (χ2v) is 5.60. The lowest BCUT2D eigenvalue weighted by Gasteiger charge is -2.11. The van der Waals surface area contributed by atoms with Crippen molar-refractivity contribution in [1.82, 2.24) is 0 Å². The molecule has 0 N–H and O–H groups in total. The van der Waals surface area contributed by atoms with Crippen LogP contribution in [0.15, 0.2) is 45.3 Å². The minimum atomic E-state index is -0.495. The minimum absolute atomic E-state index is 0.124. The van der Waals surface area contributed by atoms with E-state index in [4.69, 9.17) is 9.47 Å². The highest BCUT2D eigenvalue weighted by atomic mass is 79.9. The Morgan fingerprint density at radius 3 is 2.20 bits per heavy atom. The molecule has 2 aromatic rings. The van der Waals surface area contributed by atoms with Gasteiger partial charge in [-0.25, -0.2) is 0 Å². The van der Waals surface area contributed by atoms with Crippen LogP contribution in [-0.4, -0.2) is 12.0 Å². The zero-order valence-corrected chi connectivity index (χ0v) is 13.5. The number of hydrogen-bond donors (Lipinski definition) is 0. The molecule has 0 spiro atoms. The summed E-state index contributed by atoms with van der Waals surface area (Å²) in [6.07, 6.45) is 0. The molecule has 20 heavy (non-hydrogen) atoms. The first-order valence-corrected chi connectivity index (χ1v) is 7.05. The minimum Gasteiger partial charge on any atom is -0.493 e. The molecule has 0 aromatic heterocycles. The number of nitro benzene ring substituents is 1. The molecule has 0 heterocycles. The Kier molecular flexibility index (Phi) is 4.61. The van der Waals surface area contributed by atoms with Crippen LogP contribution in [0.5, 0.6) is 17.2 Å². The lowest BCUT2D eigenvalue weighted by atomic mass is 10.3. The largest absolute Gasteiger partial charge is 0.493 e. The number of rotatable bonds is 4. The summed E-state index contributed by atoms with van der Waals surface area (Å²) in [6.45, 7) is 0. The SMILES string of the molecule is COc1ccc(Br)cc1Oc1ccc(Br)cc1[N+](=O)[O-]. The number of halogens is 2. The van der Waals surface area contributed by atoms with Crippen molar-refractivity contribution in [3.8, 4) is 17.2 Å². The molecule has 0 atom stereocenters. The van der Waals surface area contributed by atoms with Crippen LogP contribution in [0.25, 0.3) is 0 Å². The van der Waals surface area contributed by atoms with E-state index in [1.54, 1.807) is 24.3 Å². The van der Waals surface area contributed by atoms with Crippen LogP contribution in [0.4, 0.5) is 5.69 Å². The van der Waals surface area contributed by atoms with Crippen molar-refractivity contribution >= 4 is 37.5 Å². The van der Waals surface area contributed by atoms with Crippen molar-refractivity contribution < 1.29 is 14.4 Å². The van der Waals surface area contributed by atoms with Crippen LogP contribution in [-0.2, 0) is 0 Å². The van der Waals surface area contributed by atoms with Crippen molar-refractivity contribution in [3.05, 3.63) is 55.5 Å². The van der Waals surface area contributed by atoms with Gasteiger partial charge in [-0.2, -0.15) is 0 Å². The van der Waals surface area contributed by atoms with Crippen molar-refractivity contribution in [2.45, 2.75) is 0 Å². The fourth-order valence-corrected chi connectivity index (χ4v) is 2.26. The molecule has 2 rings (SSSR count). The molecule has 0 saturated carbocycles. The zero-order chi connectivity index (χ0) is 14.7. The third-order valence-corrected chi connectivity index (χ3v) is 3.45. The average Bonchev–Trinajstić information content (AvgIpc) is 2.41. The maximum Gasteiger partial charge on any atom is 0.312 e. The number of nitro groups is 1. The molecular formula is C13H9Br2NO4. The molecule has 0 aliphatic rings. The van der Waals surface area contributed by atoms with Gasteiger partial charge in [-0.3, -0.25) is 10.1 Å². The van der Waals surface area contributed by atoms with Gasteiger partial charge in [0.2, 0.25) is 5.75 Å². The van der Waals surface area contributed by atoms with Crippen LogP contribution < -0.4 is 9.47 Å². The second-order valence-electron chi connectivity index (χ2n) is 3.77. The maximum absolute atomic E-state index is 11.0. The van der Waals surface area contributed by atoms with Crippen LogP contribution in [0.1, 0.15) is 0 Å². The predicted octanol–water partition coefficient (Wildman–Crippen LogP) is 4.92. The van der Waals surface area contributed by atoms with Gasteiger partial charge in [0.25, 0.3) is 0 Å². The van der Waals surface area contributed by atoms with Crippen LogP contribution in [0.2, 0.25) is 0 Å². The molecule has 5 nitrogen and oxygen atoms in total. The Morgan fingerprint density at radius 2 is 1.60 bits per heavy atom. The Morgan fingerprint density at radius 1 is 1.00 bits per heavy atom. The van der Waals surface area contributed by atoms with Gasteiger partial charge in [-0.1, -0.05) is 31.9 Å². The lowest BCUT2D eigenvalue weighted by molar-refractivity contribution is -0.385. The van der Waals surface area contributed by atoms with Crippen LogP contribution in [0, 0.1) is 10.1 Å². The molecule has 104 valence electrons. The Labute approximate surface area is 131 Å². The highest BCUT2D eigenvalue weighted by molar-refractivity contribution is 9.10. The van der Waals surface area contributed by atoms with E-state index in [1.165, 1.54) is 19.2 Å². The Bertz CT molecular complexity index is 661. The summed E-state index contributed by atoms with van der Waals surface area (Å²) in [7, 11) is 1.51. The van der Waals surface area contributed by atoms with E-state index in [9.17, 15) is 10.1 Å². The van der Waals surface area contributed by atoms with E-state index < -0.39 is 4.92 Å². The molecule has 0 fully saturated rings. The number of nitrogens with zero attached hydrogens (tertiary/aromatic N) is 1. The van der Waals surface area contributed by atoms with Gasteiger partial charge in [-0.15, -0.1) is 0 Å². The summed E-state index contributed by atoms with van der Waals surface area (Å²) in [6, 6.07) is 9.78. The van der Waals surface area contributed by atoms with Crippen LogP contribution in [0.3, 0.4) is 0 Å². The molecule has 0 bridgehead atoms. The smallest absolute Gasteiger partial charge is 0.312 e. The highest BCUT2D eigenvalue weighted by Gasteiger charge is 2.18. The molecule has 0 aliphatic carbocycles. The lowest BCUT2D eigenvalue weighted by Crippen LogP contribution is -1.95. The Balaban J connectivity index is 2.44. The molecule has 0 radical (unpaired) electrons. The summed E-state index contributed by atoms with van der Waals surface area (Å²) in [4.78, 5) is 10.6. The quantitative estimate of drug-likeness (QED) is 0.537. The summed E-state index contributed by atoms with van der Waals surface area (Å²) < 4.78 is 12.2. The van der Waals surface area contributed by atoms with Gasteiger partial charge in [0, 0.05) is 15.0 Å². The van der Waals surface area contributed by atoms with E-state index in [0.717, 1.165) is 4.47 Å². The van der Waals surface area contributed by atoms with Crippen LogP contribution >= 0.6 is 31.9 Å². The topological polar surface area (TPSA) is 61.6 Å². The number of hydrogen-bond acceptors (Lipinski definition) is 4. The number of ether oxygens (including phenoxy) is 2. The summed E-state index contributed by atoms with van der Waals surface area (Å²) in [5.41, 5.74) is -0.124. The molecular weight excluding hydrogens is 394 g/mol. The number of benzene rings is 2. The van der Waals surface area contributed by atoms with E-state index in [0.29, 0.717) is 16.0 Å². The summed E-state index contributed by atoms with van der Waals surface area (Å²) in [5, 5.41) is 11.0. The fraction of sp³-hybridized carbons (Fsp3) is 0.0769. The van der Waals surface area contributed by atoms with E-state index in [1.807, 2.05) is 0 Å². The van der Waals surface area contributed by atoms with Gasteiger partial charge in [0.15, 0.2) is 11.5 Å². The second kappa shape index (κ2) is 6.23. The summed E-state index contributed by atoms with van der Waals surface area (Å²) in [5.74, 6) is 1.03. The molecule has 0 aliphatic heterocycles. The molecule has 0 amide bonds. The Hall–Kier alpha value is -1.60. The first kappa shape index (κ1) is 14.8. The first-order chi connectivity index (χ1) is 9.51. The standard InChI is InChI=1S/C13H9Br2NO4/c1-19-12-5-3-9(15)7-13(12)20-11-4-2-8(14)6-10(11)16(17)18/h2-7H,1H3. The van der Waals surface area contributed by atoms with E-state index >= 15 is 0 Å². The third kappa shape index (κ3) is 3.29. The number of methoxy groups -OCH3 is 1. The van der Waals surface area contributed by atoms with E-state index in [2.05, 4.69) is 31.9 Å². The van der Waals surface area contributed by atoms with Gasteiger partial charge in [-0.05, 0) is 30.3 Å². The van der Waals surface area contributed by atoms with Gasteiger partial charge in [0.05, 0.1) is 12.0 Å². The van der Waals surface area contributed by atoms with Crippen molar-refractivity contribution in [2.24, 2.45) is 0 Å². The van der Waals surface area contributed by atoms with Crippen molar-refractivity contribution in [3.63, 3.8) is 0 Å². The average molecular weight is 403 g/mol. The van der Waals surface area contributed by atoms with Gasteiger partial charge in [0.1, 0.15) is 0 Å². The van der Waals surface area contributed by atoms with Gasteiger partial charge < -0.3 is 9.47 Å². The zero-order valence-electron chi connectivity index (χ0n) is 10.3. The molecule has 7 heteroatoms. The van der Waals surface area contributed by atoms with Gasteiger partial charge >= 0.3 is 5.69 Å². The van der Waals surface area contributed by atoms with Crippen molar-refractivity contribution in [2.75, 3.05) is 7.11 Å². The molecule has 0 unspecified atom stereocenters. The summed E-state index contributed by atoms with van der Waals surface area (Å²) >= 11 is 6.52. The fourth-order valence-electron chi connectivity index (χ4n) is 1.57. The predicted molar refractivity (Wildman–Crippen MR) is 81.6 cm³/mol. The first-order valence-electron chi connectivity index (χ1n) is 5.46. The monoisotopic (exact) mass is 401 g/mol. The van der Waals surface area contributed by atoms with Crippen molar-refractivity contribution in [1.29, 1.82) is 0 Å². The molecule has 2 aromatic carbocycles. The molecule has 0 saturated heterocycles. The highest BCUT2D eigenvalue weighted by Crippen LogP contribution is 2.38.